The summed E-state index contributed by atoms with van der Waals surface area (Å²) in [4.78, 5) is 14.4. The van der Waals surface area contributed by atoms with Gasteiger partial charge in [-0.1, -0.05) is 19.3 Å². The van der Waals surface area contributed by atoms with E-state index < -0.39 is 0 Å². The number of likely N-dealkylation sites (tertiary alicyclic amines) is 1. The quantitative estimate of drug-likeness (QED) is 0.859. The molecule has 0 aromatic rings. The maximum Gasteiger partial charge on any atom is 0.248 e. The van der Waals surface area contributed by atoms with Crippen LogP contribution in [0.3, 0.4) is 0 Å². The molecule has 114 valence electrons. The Kier molecular flexibility index (Phi) is 4.61. The number of nitrogens with zero attached hydrogens (tertiary/aromatic N) is 1. The van der Waals surface area contributed by atoms with Gasteiger partial charge in [0.05, 0.1) is 6.10 Å². The Hall–Kier alpha value is -0.610. The van der Waals surface area contributed by atoms with Crippen LogP contribution in [0, 0.1) is 5.41 Å². The first-order valence-corrected chi connectivity index (χ1v) is 8.38. The number of ether oxygens (including phenoxy) is 1. The van der Waals surface area contributed by atoms with Gasteiger partial charge in [-0.05, 0) is 50.6 Å². The van der Waals surface area contributed by atoms with E-state index in [-0.39, 0.29) is 12.0 Å². The molecular formula is C16H28N2O2. The predicted molar refractivity (Wildman–Crippen MR) is 78.6 cm³/mol. The van der Waals surface area contributed by atoms with Crippen LogP contribution >= 0.6 is 0 Å². The zero-order chi connectivity index (χ0) is 13.8. The standard InChI is InChI=1S/C16H28N2O2/c19-15(12-20-14-4-9-17-10-5-14)18-11-8-16(13-18)6-2-1-3-7-16/h14,17H,1-13H2. The van der Waals surface area contributed by atoms with Crippen LogP contribution in [0.1, 0.15) is 51.4 Å². The molecule has 0 unspecified atom stereocenters. The van der Waals surface area contributed by atoms with Gasteiger partial charge in [-0.15, -0.1) is 0 Å². The number of amides is 1. The fraction of sp³-hybridized carbons (Fsp3) is 0.938. The fourth-order valence-electron chi connectivity index (χ4n) is 4.10. The zero-order valence-electron chi connectivity index (χ0n) is 12.5. The largest absolute Gasteiger partial charge is 0.368 e. The molecule has 0 aromatic heterocycles. The lowest BCUT2D eigenvalue weighted by molar-refractivity contribution is -0.138. The third-order valence-electron chi connectivity index (χ3n) is 5.43. The van der Waals surface area contributed by atoms with Crippen LogP contribution in [0.5, 0.6) is 0 Å². The molecule has 4 nitrogen and oxygen atoms in total. The molecule has 3 fully saturated rings. The van der Waals surface area contributed by atoms with E-state index >= 15 is 0 Å². The van der Waals surface area contributed by atoms with Crippen molar-refractivity contribution in [2.24, 2.45) is 5.41 Å². The van der Waals surface area contributed by atoms with Gasteiger partial charge in [0.25, 0.3) is 0 Å². The Morgan fingerprint density at radius 2 is 1.90 bits per heavy atom. The van der Waals surface area contributed by atoms with Crippen LogP contribution in [0.2, 0.25) is 0 Å². The fourth-order valence-corrected chi connectivity index (χ4v) is 4.10. The van der Waals surface area contributed by atoms with Crippen molar-refractivity contribution in [2.75, 3.05) is 32.8 Å². The monoisotopic (exact) mass is 280 g/mol. The predicted octanol–water partition coefficient (Wildman–Crippen LogP) is 1.94. The normalized spacial score (nSPS) is 27.1. The summed E-state index contributed by atoms with van der Waals surface area (Å²) in [7, 11) is 0. The van der Waals surface area contributed by atoms with Gasteiger partial charge in [-0.3, -0.25) is 4.79 Å². The maximum absolute atomic E-state index is 12.3. The zero-order valence-corrected chi connectivity index (χ0v) is 12.5. The number of nitrogens with one attached hydrogen (secondary N) is 1. The van der Waals surface area contributed by atoms with E-state index in [1.165, 1.54) is 38.5 Å². The molecular weight excluding hydrogens is 252 g/mol. The lowest BCUT2D eigenvalue weighted by atomic mass is 9.73. The third kappa shape index (κ3) is 3.34. The summed E-state index contributed by atoms with van der Waals surface area (Å²) in [6.07, 6.45) is 10.3. The minimum atomic E-state index is 0.214. The molecule has 1 spiro atoms. The summed E-state index contributed by atoms with van der Waals surface area (Å²) >= 11 is 0. The molecule has 4 heteroatoms. The van der Waals surface area contributed by atoms with Crippen LogP contribution in [-0.2, 0) is 9.53 Å². The summed E-state index contributed by atoms with van der Waals surface area (Å²) in [6.45, 7) is 4.27. The number of carbonyl (C=O) groups is 1. The van der Waals surface area contributed by atoms with Gasteiger partial charge in [0.2, 0.25) is 5.91 Å². The van der Waals surface area contributed by atoms with E-state index in [2.05, 4.69) is 10.2 Å². The average Bonchev–Trinajstić information content (AvgIpc) is 2.90. The molecule has 1 aliphatic carbocycles. The first-order valence-electron chi connectivity index (χ1n) is 8.38. The Morgan fingerprint density at radius 1 is 1.15 bits per heavy atom. The molecule has 1 saturated carbocycles. The summed E-state index contributed by atoms with van der Waals surface area (Å²) in [5, 5.41) is 3.32. The Morgan fingerprint density at radius 3 is 2.65 bits per heavy atom. The van der Waals surface area contributed by atoms with Crippen molar-refractivity contribution in [1.29, 1.82) is 0 Å². The Bertz CT molecular complexity index is 333. The highest BCUT2D eigenvalue weighted by molar-refractivity contribution is 5.77. The summed E-state index contributed by atoms with van der Waals surface area (Å²) < 4.78 is 5.80. The first kappa shape index (κ1) is 14.3. The van der Waals surface area contributed by atoms with Gasteiger partial charge in [-0.2, -0.15) is 0 Å². The van der Waals surface area contributed by atoms with E-state index in [4.69, 9.17) is 4.74 Å². The van der Waals surface area contributed by atoms with Crippen molar-refractivity contribution in [3.63, 3.8) is 0 Å². The smallest absolute Gasteiger partial charge is 0.248 e. The maximum atomic E-state index is 12.3. The van der Waals surface area contributed by atoms with Crippen LogP contribution in [0.25, 0.3) is 0 Å². The molecule has 1 amide bonds. The second-order valence-corrected chi connectivity index (χ2v) is 6.89. The number of hydrogen-bond donors (Lipinski definition) is 1. The number of carbonyl (C=O) groups excluding carboxylic acids is 1. The van der Waals surface area contributed by atoms with Crippen LogP contribution in [-0.4, -0.2) is 49.7 Å². The number of hydrogen-bond acceptors (Lipinski definition) is 3. The molecule has 2 heterocycles. The van der Waals surface area contributed by atoms with E-state index in [1.807, 2.05) is 0 Å². The second kappa shape index (κ2) is 6.44. The van der Waals surface area contributed by atoms with Gasteiger partial charge in [0.15, 0.2) is 0 Å². The molecule has 3 aliphatic rings. The minimum absolute atomic E-state index is 0.214. The summed E-state index contributed by atoms with van der Waals surface area (Å²) in [5.41, 5.74) is 0.461. The van der Waals surface area contributed by atoms with Crippen molar-refractivity contribution >= 4 is 5.91 Å². The highest BCUT2D eigenvalue weighted by Crippen LogP contribution is 2.43. The highest BCUT2D eigenvalue weighted by Gasteiger charge is 2.40. The molecule has 20 heavy (non-hydrogen) atoms. The average molecular weight is 280 g/mol. The third-order valence-corrected chi connectivity index (χ3v) is 5.43. The lowest BCUT2D eigenvalue weighted by Gasteiger charge is -2.33. The number of piperidine rings is 1. The van der Waals surface area contributed by atoms with Gasteiger partial charge in [-0.25, -0.2) is 0 Å². The molecule has 0 atom stereocenters. The summed E-state index contributed by atoms with van der Waals surface area (Å²) in [5.74, 6) is 0.214. The van der Waals surface area contributed by atoms with E-state index in [0.717, 1.165) is 39.0 Å². The van der Waals surface area contributed by atoms with E-state index in [0.29, 0.717) is 12.0 Å². The van der Waals surface area contributed by atoms with Gasteiger partial charge < -0.3 is 15.0 Å². The van der Waals surface area contributed by atoms with Crippen LogP contribution in [0.4, 0.5) is 0 Å². The molecule has 3 rings (SSSR count). The van der Waals surface area contributed by atoms with Crippen LogP contribution < -0.4 is 5.32 Å². The topological polar surface area (TPSA) is 41.6 Å². The first-order chi connectivity index (χ1) is 9.77. The minimum Gasteiger partial charge on any atom is -0.368 e. The molecule has 0 radical (unpaired) electrons. The Balaban J connectivity index is 1.43. The van der Waals surface area contributed by atoms with Gasteiger partial charge in [0.1, 0.15) is 6.61 Å². The number of rotatable bonds is 3. The molecule has 2 saturated heterocycles. The van der Waals surface area contributed by atoms with Crippen molar-refractivity contribution in [3.8, 4) is 0 Å². The molecule has 1 N–H and O–H groups in total. The van der Waals surface area contributed by atoms with Crippen molar-refractivity contribution < 1.29 is 9.53 Å². The lowest BCUT2D eigenvalue weighted by Crippen LogP contribution is -2.38. The second-order valence-electron chi connectivity index (χ2n) is 6.89. The van der Waals surface area contributed by atoms with Crippen LogP contribution in [0.15, 0.2) is 0 Å². The molecule has 0 aromatic carbocycles. The van der Waals surface area contributed by atoms with E-state index in [9.17, 15) is 4.79 Å². The van der Waals surface area contributed by atoms with Gasteiger partial charge in [0, 0.05) is 13.1 Å². The van der Waals surface area contributed by atoms with Crippen molar-refractivity contribution in [2.45, 2.75) is 57.5 Å². The highest BCUT2D eigenvalue weighted by atomic mass is 16.5. The molecule has 0 bridgehead atoms. The Labute approximate surface area is 122 Å². The molecule has 2 aliphatic heterocycles. The summed E-state index contributed by atoms with van der Waals surface area (Å²) in [6, 6.07) is 0. The van der Waals surface area contributed by atoms with Gasteiger partial charge >= 0.3 is 0 Å². The SMILES string of the molecule is O=C(COC1CCNCC1)N1CCC2(CCCCC2)C1. The van der Waals surface area contributed by atoms with Crippen molar-refractivity contribution in [1.82, 2.24) is 10.2 Å². The van der Waals surface area contributed by atoms with E-state index in [1.54, 1.807) is 0 Å². The van der Waals surface area contributed by atoms with Crippen molar-refractivity contribution in [3.05, 3.63) is 0 Å².